The number of nitrogens with two attached hydrogens (primary N) is 1. The molecule has 0 bridgehead atoms. The quantitative estimate of drug-likeness (QED) is 0.583. The second-order valence-corrected chi connectivity index (χ2v) is 3.97. The van der Waals surface area contributed by atoms with Crippen LogP contribution in [-0.2, 0) is 4.79 Å². The lowest BCUT2D eigenvalue weighted by Gasteiger charge is -2.34. The third-order valence-corrected chi connectivity index (χ3v) is 2.24. The average Bonchev–Trinajstić information content (AvgIpc) is 2.14. The Kier molecular flexibility index (Phi) is 4.71. The minimum absolute atomic E-state index is 2.20. The smallest absolute Gasteiger partial charge is 0.392 e. The lowest BCUT2D eigenvalue weighted by Crippen LogP contribution is -2.61. The van der Waals surface area contributed by atoms with Crippen LogP contribution in [-0.4, -0.2) is 40.3 Å². The lowest BCUT2D eigenvalue weighted by molar-refractivity contribution is -0.349. The summed E-state index contributed by atoms with van der Waals surface area (Å²) in [5, 5.41) is 2.14. The topological polar surface area (TPSA) is 63.3 Å². The molecule has 0 unspecified atom stereocenters. The van der Waals surface area contributed by atoms with Crippen molar-refractivity contribution in [2.45, 2.75) is 35.6 Å². The van der Waals surface area contributed by atoms with Crippen molar-refractivity contribution in [1.29, 1.82) is 0 Å². The van der Waals surface area contributed by atoms with Crippen LogP contribution in [0.4, 0.5) is 35.1 Å². The summed E-state index contributed by atoms with van der Waals surface area (Å²) < 4.78 is 101. The van der Waals surface area contributed by atoms with Gasteiger partial charge in [0.25, 0.3) is 0 Å². The molecule has 1 atom stereocenters. The van der Waals surface area contributed by atoms with E-state index in [2.05, 4.69) is 17.3 Å². The van der Waals surface area contributed by atoms with Crippen molar-refractivity contribution in [3.8, 4) is 0 Å². The Morgan fingerprint density at radius 1 is 1.05 bits per heavy atom. The van der Waals surface area contributed by atoms with Gasteiger partial charge in [0.2, 0.25) is 0 Å². The number of hydrogen-bond acceptors (Lipinski definition) is 2. The van der Waals surface area contributed by atoms with Gasteiger partial charge in [-0.2, -0.15) is 35.1 Å². The van der Waals surface area contributed by atoms with Gasteiger partial charge in [-0.15, -0.1) is 0 Å². The molecule has 0 saturated carbocycles. The monoisotopic (exact) mass is 323 g/mol. The minimum atomic E-state index is -6.61. The van der Waals surface area contributed by atoms with E-state index in [1.54, 1.807) is 0 Å². The molecule has 0 aliphatic heterocycles. The zero-order valence-electron chi connectivity index (χ0n) is 8.62. The fourth-order valence-electron chi connectivity index (χ4n) is 0.899. The van der Waals surface area contributed by atoms with Crippen molar-refractivity contribution in [3.63, 3.8) is 0 Å². The molecule has 0 aromatic rings. The van der Waals surface area contributed by atoms with E-state index in [1.165, 1.54) is 0 Å². The molecule has 0 saturated heterocycles. The number of carboxylic acids is 1. The molecule has 3 N–H and O–H groups in total. The lowest BCUT2D eigenvalue weighted by atomic mass is 9.98. The SMILES string of the molecule is N[C@H](CC(F)(F)C(F)(F)C(F)(F)C(F)(F)Cl)C(=O)O. The molecule has 0 heterocycles. The molecule has 0 aliphatic rings. The van der Waals surface area contributed by atoms with Crippen LogP contribution in [0.25, 0.3) is 0 Å². The number of aliphatic carboxylic acids is 1. The Labute approximate surface area is 105 Å². The van der Waals surface area contributed by atoms with Gasteiger partial charge in [0.15, 0.2) is 0 Å². The van der Waals surface area contributed by atoms with Gasteiger partial charge in [-0.05, 0) is 11.6 Å². The van der Waals surface area contributed by atoms with Crippen LogP contribution >= 0.6 is 11.6 Å². The number of hydrogen-bond donors (Lipinski definition) is 2. The van der Waals surface area contributed by atoms with Gasteiger partial charge in [0, 0.05) is 6.42 Å². The Morgan fingerprint density at radius 3 is 1.68 bits per heavy atom. The summed E-state index contributed by atoms with van der Waals surface area (Å²) >= 11 is 3.67. The van der Waals surface area contributed by atoms with Crippen molar-refractivity contribution in [2.75, 3.05) is 0 Å². The minimum Gasteiger partial charge on any atom is -0.480 e. The molecule has 0 aromatic heterocycles. The third-order valence-electron chi connectivity index (χ3n) is 2.00. The second kappa shape index (κ2) is 4.93. The standard InChI is InChI=1S/C7H6ClF8NO2/c8-7(15,16)6(13,14)5(11,12)4(9,10)1-2(17)3(18)19/h2H,1,17H2,(H,18,19)/t2-/m1/s1. The predicted octanol–water partition coefficient (Wildman–Crippen LogP) is 2.53. The molecule has 3 nitrogen and oxygen atoms in total. The van der Waals surface area contributed by atoms with Gasteiger partial charge in [0.05, 0.1) is 0 Å². The van der Waals surface area contributed by atoms with Gasteiger partial charge in [0.1, 0.15) is 6.04 Å². The Bertz CT molecular complexity index is 355. The number of halogens is 9. The Morgan fingerprint density at radius 2 is 1.42 bits per heavy atom. The molecule has 0 radical (unpaired) electrons. The second-order valence-electron chi connectivity index (χ2n) is 3.50. The highest BCUT2D eigenvalue weighted by Gasteiger charge is 2.80. The largest absolute Gasteiger partial charge is 0.480 e. The first-order valence-electron chi connectivity index (χ1n) is 4.26. The highest BCUT2D eigenvalue weighted by molar-refractivity contribution is 6.22. The van der Waals surface area contributed by atoms with Crippen molar-refractivity contribution >= 4 is 17.6 Å². The molecule has 19 heavy (non-hydrogen) atoms. The Balaban J connectivity index is 5.45. The highest BCUT2D eigenvalue weighted by Crippen LogP contribution is 2.54. The van der Waals surface area contributed by atoms with Crippen LogP contribution in [0.5, 0.6) is 0 Å². The van der Waals surface area contributed by atoms with Gasteiger partial charge in [-0.1, -0.05) is 0 Å². The van der Waals surface area contributed by atoms with Crippen molar-refractivity contribution < 1.29 is 45.0 Å². The molecule has 114 valence electrons. The van der Waals surface area contributed by atoms with Crippen molar-refractivity contribution in [3.05, 3.63) is 0 Å². The van der Waals surface area contributed by atoms with Crippen LogP contribution in [0.3, 0.4) is 0 Å². The predicted molar refractivity (Wildman–Crippen MR) is 45.9 cm³/mol. The zero-order valence-corrected chi connectivity index (χ0v) is 9.37. The number of carboxylic acid groups (broad SMARTS) is 1. The van der Waals surface area contributed by atoms with E-state index < -0.39 is 41.6 Å². The normalized spacial score (nSPS) is 16.3. The highest BCUT2D eigenvalue weighted by atomic mass is 35.5. The summed E-state index contributed by atoms with van der Waals surface area (Å²) in [5.74, 6) is -21.2. The summed E-state index contributed by atoms with van der Waals surface area (Å²) in [6.45, 7) is 0. The van der Waals surface area contributed by atoms with E-state index in [4.69, 9.17) is 5.11 Å². The van der Waals surface area contributed by atoms with E-state index >= 15 is 0 Å². The first kappa shape index (κ1) is 18.2. The van der Waals surface area contributed by atoms with Gasteiger partial charge in [-0.3, -0.25) is 4.79 Å². The molecule has 12 heteroatoms. The molecule has 0 amide bonds. The fourth-order valence-corrected chi connectivity index (χ4v) is 1.02. The Hall–Kier alpha value is -0.840. The molecule has 0 aliphatic carbocycles. The summed E-state index contributed by atoms with van der Waals surface area (Å²) in [5.41, 5.74) is 4.47. The van der Waals surface area contributed by atoms with E-state index in [0.717, 1.165) is 0 Å². The summed E-state index contributed by atoms with van der Waals surface area (Å²) in [6, 6.07) is -2.65. The molecular formula is C7H6ClF8NO2. The third kappa shape index (κ3) is 3.19. The number of rotatable bonds is 6. The van der Waals surface area contributed by atoms with Gasteiger partial charge < -0.3 is 10.8 Å². The van der Waals surface area contributed by atoms with Crippen LogP contribution in [0.2, 0.25) is 0 Å². The first-order chi connectivity index (χ1) is 8.08. The molecule has 0 aromatic carbocycles. The maximum atomic E-state index is 12.9. The van der Waals surface area contributed by atoms with Crippen LogP contribution in [0, 0.1) is 0 Å². The summed E-state index contributed by atoms with van der Waals surface area (Å²) in [4.78, 5) is 10.1. The van der Waals surface area contributed by atoms with Gasteiger partial charge >= 0.3 is 29.1 Å². The molecular weight excluding hydrogens is 318 g/mol. The summed E-state index contributed by atoms with van der Waals surface area (Å²) in [7, 11) is 0. The van der Waals surface area contributed by atoms with E-state index in [0.29, 0.717) is 0 Å². The molecule has 0 rings (SSSR count). The van der Waals surface area contributed by atoms with Crippen molar-refractivity contribution in [1.82, 2.24) is 0 Å². The van der Waals surface area contributed by atoms with Gasteiger partial charge in [-0.25, -0.2) is 0 Å². The van der Waals surface area contributed by atoms with E-state index in [9.17, 15) is 39.9 Å². The van der Waals surface area contributed by atoms with E-state index in [1.807, 2.05) is 0 Å². The number of carbonyl (C=O) groups is 1. The van der Waals surface area contributed by atoms with Crippen LogP contribution < -0.4 is 5.73 Å². The maximum absolute atomic E-state index is 12.9. The fraction of sp³-hybridized carbons (Fsp3) is 0.857. The average molecular weight is 324 g/mol. The maximum Gasteiger partial charge on any atom is 0.392 e. The van der Waals surface area contributed by atoms with Crippen LogP contribution in [0.1, 0.15) is 6.42 Å². The first-order valence-corrected chi connectivity index (χ1v) is 4.64. The molecule has 0 fully saturated rings. The van der Waals surface area contributed by atoms with Crippen LogP contribution in [0.15, 0.2) is 0 Å². The van der Waals surface area contributed by atoms with Crippen molar-refractivity contribution in [2.24, 2.45) is 5.73 Å². The van der Waals surface area contributed by atoms with E-state index in [-0.39, 0.29) is 0 Å². The summed E-state index contributed by atoms with van der Waals surface area (Å²) in [6.07, 6.45) is -2.47. The molecule has 0 spiro atoms. The number of alkyl halides is 9. The zero-order chi connectivity index (χ0) is 15.9.